The predicted molar refractivity (Wildman–Crippen MR) is 159 cm³/mol. The molecule has 4 aromatic carbocycles. The van der Waals surface area contributed by atoms with Crippen molar-refractivity contribution >= 4 is 11.8 Å². The molecule has 4 aromatic rings. The number of ether oxygens (including phenoxy) is 5. The molecule has 0 radical (unpaired) electrons. The standard InChI is InChI=1S/C34H36O5S/c1-40-33-32(37-24-28-18-10-4-11-19-28)31(36-23-27-16-8-3-9-17-27)30(25-35-22-26-14-6-2-7-15-26)39-34(33)38-29-20-12-5-13-21-29/h2-21,30-34H,22-25H2,1H3/t30-,31-,32+,33-,34-/m1/s1. The van der Waals surface area contributed by atoms with Crippen molar-refractivity contribution in [1.29, 1.82) is 0 Å². The van der Waals surface area contributed by atoms with E-state index in [1.165, 1.54) is 0 Å². The monoisotopic (exact) mass is 556 g/mol. The molecule has 40 heavy (non-hydrogen) atoms. The maximum Gasteiger partial charge on any atom is 0.214 e. The Hall–Kier alpha value is -3.13. The van der Waals surface area contributed by atoms with Gasteiger partial charge in [-0.15, -0.1) is 0 Å². The van der Waals surface area contributed by atoms with Crippen LogP contribution in [0.15, 0.2) is 121 Å². The summed E-state index contributed by atoms with van der Waals surface area (Å²) >= 11 is 1.67. The van der Waals surface area contributed by atoms with Crippen LogP contribution in [0.3, 0.4) is 0 Å². The van der Waals surface area contributed by atoms with Gasteiger partial charge in [0.15, 0.2) is 0 Å². The molecular formula is C34H36O5S. The summed E-state index contributed by atoms with van der Waals surface area (Å²) in [5, 5.41) is -0.130. The minimum absolute atomic E-state index is 0.130. The molecule has 5 rings (SSSR count). The Bertz CT molecular complexity index is 1240. The molecule has 1 aliphatic rings. The molecule has 0 N–H and O–H groups in total. The quantitative estimate of drug-likeness (QED) is 0.178. The van der Waals surface area contributed by atoms with Gasteiger partial charge in [0.1, 0.15) is 24.1 Å². The van der Waals surface area contributed by atoms with Gasteiger partial charge in [0, 0.05) is 0 Å². The second kappa shape index (κ2) is 15.0. The average molecular weight is 557 g/mol. The SMILES string of the molecule is CS[C@H]1[C@H](Oc2ccccc2)O[C@H](COCc2ccccc2)[C@@H](OCc2ccccc2)[C@@H]1OCc1ccccc1. The van der Waals surface area contributed by atoms with Crippen LogP contribution >= 0.6 is 11.8 Å². The fourth-order valence-electron chi connectivity index (χ4n) is 4.78. The van der Waals surface area contributed by atoms with Crippen molar-refractivity contribution in [1.82, 2.24) is 0 Å². The molecule has 5 atom stereocenters. The molecule has 0 aliphatic carbocycles. The zero-order valence-electron chi connectivity index (χ0n) is 22.7. The van der Waals surface area contributed by atoms with Crippen LogP contribution in [0.5, 0.6) is 5.75 Å². The van der Waals surface area contributed by atoms with E-state index in [0.29, 0.717) is 26.4 Å². The zero-order chi connectivity index (χ0) is 27.4. The molecule has 0 aromatic heterocycles. The summed E-state index contributed by atoms with van der Waals surface area (Å²) in [6.45, 7) is 1.73. The van der Waals surface area contributed by atoms with E-state index in [0.717, 1.165) is 22.4 Å². The molecule has 1 heterocycles. The average Bonchev–Trinajstić information content (AvgIpc) is 3.01. The summed E-state index contributed by atoms with van der Waals surface area (Å²) < 4.78 is 32.5. The van der Waals surface area contributed by atoms with Gasteiger partial charge in [0.05, 0.1) is 31.7 Å². The first kappa shape index (κ1) is 28.4. The molecule has 1 aliphatic heterocycles. The molecular weight excluding hydrogens is 520 g/mol. The van der Waals surface area contributed by atoms with Gasteiger partial charge >= 0.3 is 0 Å². The smallest absolute Gasteiger partial charge is 0.214 e. The van der Waals surface area contributed by atoms with Crippen LogP contribution in [0, 0.1) is 0 Å². The van der Waals surface area contributed by atoms with E-state index in [-0.39, 0.29) is 17.5 Å². The van der Waals surface area contributed by atoms with Crippen LogP contribution in [0.25, 0.3) is 0 Å². The van der Waals surface area contributed by atoms with Gasteiger partial charge in [-0.2, -0.15) is 11.8 Å². The Morgan fingerprint density at radius 2 is 1.07 bits per heavy atom. The summed E-state index contributed by atoms with van der Waals surface area (Å²) in [6, 6.07) is 40.3. The lowest BCUT2D eigenvalue weighted by Crippen LogP contribution is -2.60. The molecule has 1 fully saturated rings. The highest BCUT2D eigenvalue weighted by atomic mass is 32.2. The van der Waals surface area contributed by atoms with Gasteiger partial charge in [-0.05, 0) is 35.1 Å². The lowest BCUT2D eigenvalue weighted by Gasteiger charge is -2.45. The Labute approximate surface area is 241 Å². The Morgan fingerprint density at radius 3 is 1.60 bits per heavy atom. The number of benzene rings is 4. The molecule has 0 bridgehead atoms. The van der Waals surface area contributed by atoms with Crippen LogP contribution in [0.2, 0.25) is 0 Å². The molecule has 5 nitrogen and oxygen atoms in total. The number of thioether (sulfide) groups is 1. The van der Waals surface area contributed by atoms with E-state index >= 15 is 0 Å². The highest BCUT2D eigenvalue weighted by molar-refractivity contribution is 7.99. The Balaban J connectivity index is 1.39. The van der Waals surface area contributed by atoms with Crippen molar-refractivity contribution in [3.63, 3.8) is 0 Å². The lowest BCUT2D eigenvalue weighted by atomic mass is 10.00. The van der Waals surface area contributed by atoms with Crippen molar-refractivity contribution in [2.24, 2.45) is 0 Å². The third-order valence-corrected chi connectivity index (χ3v) is 7.86. The summed E-state index contributed by atoms with van der Waals surface area (Å²) in [4.78, 5) is 0. The molecule has 0 amide bonds. The fourth-order valence-corrected chi connectivity index (χ4v) is 5.62. The Morgan fingerprint density at radius 1 is 0.600 bits per heavy atom. The van der Waals surface area contributed by atoms with E-state index in [2.05, 4.69) is 42.7 Å². The third kappa shape index (κ3) is 7.96. The highest BCUT2D eigenvalue weighted by Gasteiger charge is 2.48. The summed E-state index contributed by atoms with van der Waals surface area (Å²) in [6.07, 6.45) is 0.458. The van der Waals surface area contributed by atoms with Crippen molar-refractivity contribution < 1.29 is 23.7 Å². The van der Waals surface area contributed by atoms with Crippen LogP contribution in [0.1, 0.15) is 16.7 Å². The molecule has 0 unspecified atom stereocenters. The normalized spacial score (nSPS) is 22.6. The van der Waals surface area contributed by atoms with Gasteiger partial charge in [-0.25, -0.2) is 0 Å². The van der Waals surface area contributed by atoms with E-state index in [1.54, 1.807) is 11.8 Å². The van der Waals surface area contributed by atoms with E-state index in [4.69, 9.17) is 23.7 Å². The van der Waals surface area contributed by atoms with Gasteiger partial charge < -0.3 is 23.7 Å². The summed E-state index contributed by atoms with van der Waals surface area (Å²) in [5.41, 5.74) is 3.31. The molecule has 1 saturated heterocycles. The molecule has 6 heteroatoms. The van der Waals surface area contributed by atoms with Gasteiger partial charge in [0.2, 0.25) is 6.29 Å². The first-order valence-electron chi connectivity index (χ1n) is 13.6. The number of hydrogen-bond donors (Lipinski definition) is 0. The fraction of sp³-hybridized carbons (Fsp3) is 0.294. The maximum atomic E-state index is 6.68. The van der Waals surface area contributed by atoms with Gasteiger partial charge in [-0.1, -0.05) is 109 Å². The third-order valence-electron chi connectivity index (χ3n) is 6.82. The number of para-hydroxylation sites is 1. The van der Waals surface area contributed by atoms with Crippen molar-refractivity contribution in [2.45, 2.75) is 49.7 Å². The van der Waals surface area contributed by atoms with Gasteiger partial charge in [0.25, 0.3) is 0 Å². The van der Waals surface area contributed by atoms with Crippen LogP contribution in [-0.4, -0.2) is 42.7 Å². The van der Waals surface area contributed by atoms with E-state index in [9.17, 15) is 0 Å². The highest BCUT2D eigenvalue weighted by Crippen LogP contribution is 2.35. The molecule has 208 valence electrons. The molecule has 0 spiro atoms. The summed E-state index contributed by atoms with van der Waals surface area (Å²) in [7, 11) is 0. The van der Waals surface area contributed by atoms with Gasteiger partial charge in [-0.3, -0.25) is 0 Å². The second-order valence-electron chi connectivity index (χ2n) is 9.70. The Kier molecular flexibility index (Phi) is 10.7. The van der Waals surface area contributed by atoms with Crippen LogP contribution < -0.4 is 4.74 Å². The van der Waals surface area contributed by atoms with Crippen LogP contribution in [-0.2, 0) is 38.8 Å². The first-order valence-corrected chi connectivity index (χ1v) is 14.9. The predicted octanol–water partition coefficient (Wildman–Crippen LogP) is 6.91. The first-order chi connectivity index (χ1) is 19.8. The van der Waals surface area contributed by atoms with Crippen molar-refractivity contribution in [3.05, 3.63) is 138 Å². The number of rotatable bonds is 13. The van der Waals surface area contributed by atoms with E-state index in [1.807, 2.05) is 84.9 Å². The topological polar surface area (TPSA) is 46.2 Å². The minimum atomic E-state index is -0.542. The second-order valence-corrected chi connectivity index (χ2v) is 10.7. The lowest BCUT2D eigenvalue weighted by molar-refractivity contribution is -0.253. The zero-order valence-corrected chi connectivity index (χ0v) is 23.5. The van der Waals surface area contributed by atoms with Crippen molar-refractivity contribution in [2.75, 3.05) is 12.9 Å². The van der Waals surface area contributed by atoms with E-state index < -0.39 is 12.4 Å². The summed E-state index contributed by atoms with van der Waals surface area (Å²) in [5.74, 6) is 0.751. The molecule has 0 saturated carbocycles. The maximum absolute atomic E-state index is 6.68. The largest absolute Gasteiger partial charge is 0.464 e. The number of hydrogen-bond acceptors (Lipinski definition) is 6. The van der Waals surface area contributed by atoms with Crippen molar-refractivity contribution in [3.8, 4) is 5.75 Å². The minimum Gasteiger partial charge on any atom is -0.464 e. The van der Waals surface area contributed by atoms with Crippen LogP contribution in [0.4, 0.5) is 0 Å².